The highest BCUT2D eigenvalue weighted by molar-refractivity contribution is 5.79. The van der Waals surface area contributed by atoms with Gasteiger partial charge in [-0.15, -0.1) is 10.2 Å². The van der Waals surface area contributed by atoms with Crippen molar-refractivity contribution >= 4 is 11.8 Å². The molecule has 1 saturated heterocycles. The molecular weight excluding hydrogens is 356 g/mol. The second kappa shape index (κ2) is 10.6. The van der Waals surface area contributed by atoms with Gasteiger partial charge in [-0.1, -0.05) is 13.0 Å². The van der Waals surface area contributed by atoms with Crippen LogP contribution < -0.4 is 15.5 Å². The Kier molecular flexibility index (Phi) is 7.60. The lowest BCUT2D eigenvalue weighted by molar-refractivity contribution is 0.122. The second-order valence-corrected chi connectivity index (χ2v) is 6.50. The van der Waals surface area contributed by atoms with Gasteiger partial charge in [-0.3, -0.25) is 0 Å². The standard InChI is InChI=1S/C19H30N8O/c1-3-17-25-24-15-27(17)9-8-22-19(20-4-2)23-14-16-6-5-7-21-18(16)26-10-12-28-13-11-26/h5-7,15H,3-4,8-14H2,1-2H3,(H2,20,22,23). The van der Waals surface area contributed by atoms with Gasteiger partial charge in [0.15, 0.2) is 5.96 Å². The number of hydrogen-bond acceptors (Lipinski definition) is 6. The zero-order chi connectivity index (χ0) is 19.6. The number of guanidine groups is 1. The quantitative estimate of drug-likeness (QED) is 0.513. The molecule has 0 spiro atoms. The van der Waals surface area contributed by atoms with Crippen LogP contribution in [-0.4, -0.2) is 65.1 Å². The fraction of sp³-hybridized carbons (Fsp3) is 0.579. The van der Waals surface area contributed by atoms with Gasteiger partial charge in [0.2, 0.25) is 0 Å². The Labute approximate surface area is 166 Å². The third-order valence-electron chi connectivity index (χ3n) is 4.59. The normalized spacial score (nSPS) is 14.9. The van der Waals surface area contributed by atoms with E-state index in [4.69, 9.17) is 9.73 Å². The first kappa shape index (κ1) is 20.1. The Morgan fingerprint density at radius 2 is 2.11 bits per heavy atom. The fourth-order valence-corrected chi connectivity index (χ4v) is 3.15. The lowest BCUT2D eigenvalue weighted by Gasteiger charge is -2.29. The molecule has 9 nitrogen and oxygen atoms in total. The predicted octanol–water partition coefficient (Wildman–Crippen LogP) is 0.827. The van der Waals surface area contributed by atoms with Crippen molar-refractivity contribution < 1.29 is 4.74 Å². The minimum Gasteiger partial charge on any atom is -0.378 e. The first-order chi connectivity index (χ1) is 13.8. The molecule has 1 aliphatic rings. The summed E-state index contributed by atoms with van der Waals surface area (Å²) in [7, 11) is 0. The van der Waals surface area contributed by atoms with E-state index in [1.54, 1.807) is 6.33 Å². The van der Waals surface area contributed by atoms with E-state index in [1.807, 2.05) is 12.3 Å². The number of rotatable bonds is 8. The molecule has 0 saturated carbocycles. The number of nitrogens with one attached hydrogen (secondary N) is 2. The number of ether oxygens (including phenoxy) is 1. The van der Waals surface area contributed by atoms with E-state index >= 15 is 0 Å². The van der Waals surface area contributed by atoms with Gasteiger partial charge >= 0.3 is 0 Å². The molecule has 2 aromatic rings. The van der Waals surface area contributed by atoms with Crippen LogP contribution in [0.3, 0.4) is 0 Å². The Morgan fingerprint density at radius 3 is 2.89 bits per heavy atom. The largest absolute Gasteiger partial charge is 0.378 e. The molecule has 0 amide bonds. The molecule has 1 aliphatic heterocycles. The minimum atomic E-state index is 0.572. The lowest BCUT2D eigenvalue weighted by Crippen LogP contribution is -2.39. The SMILES string of the molecule is CCNC(=NCc1cccnc1N1CCOCC1)NCCn1cnnc1CC. The van der Waals surface area contributed by atoms with Gasteiger partial charge in [0.25, 0.3) is 0 Å². The summed E-state index contributed by atoms with van der Waals surface area (Å²) in [6.07, 6.45) is 4.49. The van der Waals surface area contributed by atoms with Crippen LogP contribution >= 0.6 is 0 Å². The average molecular weight is 387 g/mol. The van der Waals surface area contributed by atoms with Crippen molar-refractivity contribution in [3.8, 4) is 0 Å². The highest BCUT2D eigenvalue weighted by Crippen LogP contribution is 2.19. The smallest absolute Gasteiger partial charge is 0.191 e. The maximum absolute atomic E-state index is 5.45. The van der Waals surface area contributed by atoms with Gasteiger partial charge in [0, 0.05) is 50.9 Å². The Balaban J connectivity index is 1.61. The zero-order valence-electron chi connectivity index (χ0n) is 16.8. The van der Waals surface area contributed by atoms with Crippen LogP contribution in [0, 0.1) is 0 Å². The number of hydrogen-bond donors (Lipinski definition) is 2. The minimum absolute atomic E-state index is 0.572. The predicted molar refractivity (Wildman–Crippen MR) is 109 cm³/mol. The summed E-state index contributed by atoms with van der Waals surface area (Å²) in [5, 5.41) is 14.8. The Hall–Kier alpha value is -2.68. The maximum atomic E-state index is 5.45. The van der Waals surface area contributed by atoms with E-state index in [2.05, 4.69) is 55.2 Å². The third kappa shape index (κ3) is 5.41. The molecule has 152 valence electrons. The van der Waals surface area contributed by atoms with Crippen LogP contribution in [0.4, 0.5) is 5.82 Å². The molecule has 0 aromatic carbocycles. The van der Waals surface area contributed by atoms with Crippen LogP contribution in [-0.2, 0) is 24.2 Å². The maximum Gasteiger partial charge on any atom is 0.191 e. The summed E-state index contributed by atoms with van der Waals surface area (Å²) in [4.78, 5) is 11.6. The monoisotopic (exact) mass is 386 g/mol. The van der Waals surface area contributed by atoms with Crippen molar-refractivity contribution in [3.63, 3.8) is 0 Å². The van der Waals surface area contributed by atoms with Crippen LogP contribution in [0.2, 0.25) is 0 Å². The van der Waals surface area contributed by atoms with Gasteiger partial charge in [-0.2, -0.15) is 0 Å². The molecule has 3 rings (SSSR count). The molecular formula is C19H30N8O. The lowest BCUT2D eigenvalue weighted by atomic mass is 10.2. The highest BCUT2D eigenvalue weighted by atomic mass is 16.5. The van der Waals surface area contributed by atoms with E-state index in [9.17, 15) is 0 Å². The second-order valence-electron chi connectivity index (χ2n) is 6.50. The number of aliphatic imine (C=N–C) groups is 1. The number of aromatic nitrogens is 4. The van der Waals surface area contributed by atoms with Crippen LogP contribution in [0.1, 0.15) is 25.2 Å². The van der Waals surface area contributed by atoms with E-state index in [0.29, 0.717) is 6.54 Å². The number of anilines is 1. The summed E-state index contributed by atoms with van der Waals surface area (Å²) in [6, 6.07) is 4.06. The summed E-state index contributed by atoms with van der Waals surface area (Å²) < 4.78 is 7.52. The van der Waals surface area contributed by atoms with Crippen LogP contribution in [0.15, 0.2) is 29.6 Å². The number of morpholine rings is 1. The average Bonchev–Trinajstić information content (AvgIpc) is 3.20. The summed E-state index contributed by atoms with van der Waals surface area (Å²) >= 11 is 0. The third-order valence-corrected chi connectivity index (χ3v) is 4.59. The van der Waals surface area contributed by atoms with Crippen molar-refractivity contribution in [2.45, 2.75) is 33.4 Å². The van der Waals surface area contributed by atoms with Crippen LogP contribution in [0.5, 0.6) is 0 Å². The Bertz CT molecular complexity index is 754. The number of aryl methyl sites for hydroxylation is 1. The molecule has 2 aromatic heterocycles. The van der Waals surface area contributed by atoms with Crippen molar-refractivity contribution in [2.75, 3.05) is 44.3 Å². The molecule has 3 heterocycles. The van der Waals surface area contributed by atoms with E-state index in [0.717, 1.165) is 75.5 Å². The van der Waals surface area contributed by atoms with Crippen molar-refractivity contribution in [2.24, 2.45) is 4.99 Å². The number of nitrogens with zero attached hydrogens (tertiary/aromatic N) is 6. The van der Waals surface area contributed by atoms with Crippen molar-refractivity contribution in [1.82, 2.24) is 30.4 Å². The topological polar surface area (TPSA) is 92.5 Å². The van der Waals surface area contributed by atoms with Gasteiger partial charge in [-0.25, -0.2) is 9.98 Å². The van der Waals surface area contributed by atoms with Gasteiger partial charge in [-0.05, 0) is 13.0 Å². The highest BCUT2D eigenvalue weighted by Gasteiger charge is 2.15. The summed E-state index contributed by atoms with van der Waals surface area (Å²) in [5.74, 6) is 2.79. The molecule has 0 aliphatic carbocycles. The molecule has 0 unspecified atom stereocenters. The molecule has 0 radical (unpaired) electrons. The van der Waals surface area contributed by atoms with E-state index < -0.39 is 0 Å². The van der Waals surface area contributed by atoms with Crippen molar-refractivity contribution in [1.29, 1.82) is 0 Å². The van der Waals surface area contributed by atoms with E-state index in [1.165, 1.54) is 0 Å². The molecule has 1 fully saturated rings. The van der Waals surface area contributed by atoms with Crippen molar-refractivity contribution in [3.05, 3.63) is 36.0 Å². The van der Waals surface area contributed by atoms with Crippen LogP contribution in [0.25, 0.3) is 0 Å². The molecule has 28 heavy (non-hydrogen) atoms. The summed E-state index contributed by atoms with van der Waals surface area (Å²) in [6.45, 7) is 10.3. The first-order valence-corrected chi connectivity index (χ1v) is 9.97. The number of pyridine rings is 1. The molecule has 0 bridgehead atoms. The fourth-order valence-electron chi connectivity index (χ4n) is 3.15. The van der Waals surface area contributed by atoms with Gasteiger partial charge in [0.1, 0.15) is 18.0 Å². The molecule has 9 heteroatoms. The van der Waals surface area contributed by atoms with Gasteiger partial charge < -0.3 is 24.8 Å². The zero-order valence-corrected chi connectivity index (χ0v) is 16.8. The van der Waals surface area contributed by atoms with E-state index in [-0.39, 0.29) is 0 Å². The molecule has 2 N–H and O–H groups in total. The first-order valence-electron chi connectivity index (χ1n) is 9.97. The van der Waals surface area contributed by atoms with Gasteiger partial charge in [0.05, 0.1) is 19.8 Å². The summed E-state index contributed by atoms with van der Waals surface area (Å²) in [5.41, 5.74) is 1.12. The molecule has 0 atom stereocenters. The Morgan fingerprint density at radius 1 is 1.25 bits per heavy atom.